The second-order valence-corrected chi connectivity index (χ2v) is 7.92. The molecule has 1 aliphatic rings. The van der Waals surface area contributed by atoms with Gasteiger partial charge in [-0.15, -0.1) is 0 Å². The van der Waals surface area contributed by atoms with E-state index in [4.69, 9.17) is 14.9 Å². The van der Waals surface area contributed by atoms with Crippen molar-refractivity contribution in [2.75, 3.05) is 12.5 Å². The summed E-state index contributed by atoms with van der Waals surface area (Å²) < 4.78 is 16.3. The molecule has 0 saturated carbocycles. The molecule has 0 spiro atoms. The van der Waals surface area contributed by atoms with Crippen LogP contribution >= 0.6 is 15.3 Å². The van der Waals surface area contributed by atoms with Crippen LogP contribution in [0.15, 0.2) is 0 Å². The molecule has 0 amide bonds. The minimum absolute atomic E-state index is 0.691. The molecule has 90 valence electrons. The summed E-state index contributed by atoms with van der Waals surface area (Å²) in [5.41, 5.74) is 0. The summed E-state index contributed by atoms with van der Waals surface area (Å²) in [4.78, 5) is 27.8. The molecule has 0 unspecified atom stereocenters. The normalized spacial score (nSPS) is 42.1. The zero-order chi connectivity index (χ0) is 11.9. The van der Waals surface area contributed by atoms with E-state index in [1.165, 1.54) is 0 Å². The van der Waals surface area contributed by atoms with Gasteiger partial charge in [0.05, 0.1) is 6.61 Å². The number of hydrogen-bond acceptors (Lipinski definition) is 8. The quantitative estimate of drug-likeness (QED) is 0.347. The van der Waals surface area contributed by atoms with E-state index in [1.54, 1.807) is 0 Å². The molecule has 0 aliphatic carbocycles. The fourth-order valence-electron chi connectivity index (χ4n) is 1.29. The molecule has 1 heterocycles. The van der Waals surface area contributed by atoms with Crippen LogP contribution in [0.2, 0.25) is 0 Å². The Morgan fingerprint density at radius 2 is 1.93 bits per heavy atom. The van der Waals surface area contributed by atoms with Gasteiger partial charge in [0.25, 0.3) is 7.37 Å². The lowest BCUT2D eigenvalue weighted by molar-refractivity contribution is -0.206. The predicted molar refractivity (Wildman–Crippen MR) is 47.8 cm³/mol. The van der Waals surface area contributed by atoms with Crippen molar-refractivity contribution in [3.63, 3.8) is 0 Å². The fourth-order valence-corrected chi connectivity index (χ4v) is 5.72. The fraction of sp³-hybridized carbons (Fsp3) is 1.00. The average molecular weight is 262 g/mol. The van der Waals surface area contributed by atoms with Gasteiger partial charge in [0.2, 0.25) is 7.94 Å². The van der Waals surface area contributed by atoms with Crippen LogP contribution in [-0.2, 0) is 9.09 Å². The third kappa shape index (κ3) is 2.94. The number of hydrogen-bond donors (Lipinski definition) is 5. The lowest BCUT2D eigenvalue weighted by atomic mass is 10.2. The van der Waals surface area contributed by atoms with Crippen LogP contribution < -0.4 is 4.89 Å². The van der Waals surface area contributed by atoms with Gasteiger partial charge in [-0.1, -0.05) is 0 Å². The van der Waals surface area contributed by atoms with Gasteiger partial charge in [-0.3, -0.25) is 4.57 Å². The van der Waals surface area contributed by atoms with Gasteiger partial charge in [0.15, 0.2) is 11.7 Å². The Kier molecular flexibility index (Phi) is 3.88. The maximum Gasteiger partial charge on any atom is 0.274 e. The highest BCUT2D eigenvalue weighted by Gasteiger charge is 2.55. The summed E-state index contributed by atoms with van der Waals surface area (Å²) in [6.07, 6.45) is -2.88. The molecule has 1 saturated heterocycles. The first kappa shape index (κ1) is 13.4. The first-order valence-electron chi connectivity index (χ1n) is 3.98. The summed E-state index contributed by atoms with van der Waals surface area (Å²) in [7, 11) is -8.65. The molecule has 1 aliphatic heterocycles. The molecule has 0 aromatic carbocycles. The second kappa shape index (κ2) is 4.33. The van der Waals surface area contributed by atoms with Crippen molar-refractivity contribution < 1.29 is 39.1 Å². The highest BCUT2D eigenvalue weighted by atomic mass is 31.3. The number of aliphatic hydroxyl groups is 3. The van der Waals surface area contributed by atoms with Gasteiger partial charge in [0.1, 0.15) is 12.2 Å². The Morgan fingerprint density at radius 1 is 1.40 bits per heavy atom. The third-order valence-electron chi connectivity index (χ3n) is 1.96. The summed E-state index contributed by atoms with van der Waals surface area (Å²) in [5.74, 6) is -3.02. The highest BCUT2D eigenvalue weighted by molar-refractivity contribution is 7.75. The van der Waals surface area contributed by atoms with Crippen LogP contribution in [0.5, 0.6) is 0 Å². The van der Waals surface area contributed by atoms with Crippen molar-refractivity contribution in [2.45, 2.75) is 18.1 Å². The molecule has 10 heteroatoms. The maximum atomic E-state index is 11.7. The van der Waals surface area contributed by atoms with Gasteiger partial charge >= 0.3 is 0 Å². The van der Waals surface area contributed by atoms with Crippen molar-refractivity contribution in [1.29, 1.82) is 0 Å². The summed E-state index contributed by atoms with van der Waals surface area (Å²) in [6, 6.07) is 0. The minimum atomic E-state index is -4.62. The van der Waals surface area contributed by atoms with E-state index in [9.17, 15) is 19.7 Å². The standard InChI is InChI=1S/C5H12O8P2/c6-1-3-4(7)5(8)14(9,13-3)2-15(10,11)12/h3-8H,1-2H2,(H2,10,11,12)/t3-,4-,5-,14-/m1/s1. The monoisotopic (exact) mass is 262 g/mol. The topological polar surface area (TPSA) is 151 Å². The first-order valence-corrected chi connectivity index (χ1v) is 7.66. The van der Waals surface area contributed by atoms with E-state index in [-0.39, 0.29) is 0 Å². The van der Waals surface area contributed by atoms with Crippen LogP contribution in [0.4, 0.5) is 0 Å². The Morgan fingerprint density at radius 3 is 2.27 bits per heavy atom. The van der Waals surface area contributed by atoms with Gasteiger partial charge in [-0.2, -0.15) is 0 Å². The molecule has 15 heavy (non-hydrogen) atoms. The molecule has 0 aromatic heterocycles. The van der Waals surface area contributed by atoms with Crippen molar-refractivity contribution in [1.82, 2.24) is 0 Å². The van der Waals surface area contributed by atoms with Crippen molar-refractivity contribution in [2.24, 2.45) is 0 Å². The molecular weight excluding hydrogens is 250 g/mol. The molecular formula is C5H12O8P2. The van der Waals surface area contributed by atoms with E-state index < -0.39 is 45.9 Å². The van der Waals surface area contributed by atoms with Crippen molar-refractivity contribution >= 4 is 15.3 Å². The Balaban J connectivity index is 2.83. The van der Waals surface area contributed by atoms with Gasteiger partial charge < -0.3 is 24.7 Å². The molecule has 0 radical (unpaired) electrons. The SMILES string of the molecule is O=[P@]1(C[P+]([O-])(O)O)O[C@H](CO)[C@@H](O)[C@@H]1O. The Hall–Kier alpha value is 0.380. The lowest BCUT2D eigenvalue weighted by Crippen LogP contribution is -2.31. The Labute approximate surface area is 85.8 Å². The zero-order valence-corrected chi connectivity index (χ0v) is 9.29. The number of rotatable bonds is 3. The largest absolute Gasteiger partial charge is 0.631 e. The van der Waals surface area contributed by atoms with Gasteiger partial charge in [-0.05, 0) is 0 Å². The predicted octanol–water partition coefficient (Wildman–Crippen LogP) is -2.60. The van der Waals surface area contributed by atoms with E-state index in [0.29, 0.717) is 0 Å². The van der Waals surface area contributed by atoms with Gasteiger partial charge in [-0.25, -0.2) is 9.79 Å². The minimum Gasteiger partial charge on any atom is -0.631 e. The zero-order valence-electron chi connectivity index (χ0n) is 7.50. The van der Waals surface area contributed by atoms with Crippen LogP contribution in [0.1, 0.15) is 0 Å². The van der Waals surface area contributed by atoms with Crippen LogP contribution in [0.25, 0.3) is 0 Å². The van der Waals surface area contributed by atoms with Crippen molar-refractivity contribution in [3.05, 3.63) is 0 Å². The van der Waals surface area contributed by atoms with Crippen molar-refractivity contribution in [3.8, 4) is 0 Å². The van der Waals surface area contributed by atoms with E-state index in [1.807, 2.05) is 0 Å². The molecule has 0 bridgehead atoms. The van der Waals surface area contributed by atoms with Gasteiger partial charge in [0, 0.05) is 0 Å². The first-order chi connectivity index (χ1) is 6.69. The summed E-state index contributed by atoms with van der Waals surface area (Å²) in [5, 5.41) is 27.2. The molecule has 1 fully saturated rings. The number of aliphatic hydroxyl groups excluding tert-OH is 3. The maximum absolute atomic E-state index is 11.7. The smallest absolute Gasteiger partial charge is 0.274 e. The third-order valence-corrected chi connectivity index (χ3v) is 6.75. The summed E-state index contributed by atoms with van der Waals surface area (Å²) >= 11 is 0. The van der Waals surface area contributed by atoms with Crippen LogP contribution in [0, 0.1) is 0 Å². The molecule has 0 aromatic rings. The van der Waals surface area contributed by atoms with E-state index in [2.05, 4.69) is 4.52 Å². The lowest BCUT2D eigenvalue weighted by Gasteiger charge is -2.20. The molecule has 5 N–H and O–H groups in total. The second-order valence-electron chi connectivity index (χ2n) is 3.26. The Bertz CT molecular complexity index is 275. The average Bonchev–Trinajstić information content (AvgIpc) is 2.27. The van der Waals surface area contributed by atoms with E-state index in [0.717, 1.165) is 0 Å². The van der Waals surface area contributed by atoms with Crippen LogP contribution in [-0.4, -0.2) is 55.7 Å². The molecule has 1 rings (SSSR count). The summed E-state index contributed by atoms with van der Waals surface area (Å²) in [6.45, 7) is -0.691. The molecule has 8 nitrogen and oxygen atoms in total. The van der Waals surface area contributed by atoms with Crippen LogP contribution in [0.3, 0.4) is 0 Å². The highest BCUT2D eigenvalue weighted by Crippen LogP contribution is 2.66. The van der Waals surface area contributed by atoms with E-state index >= 15 is 0 Å². The molecule has 4 atom stereocenters.